The fourth-order valence-corrected chi connectivity index (χ4v) is 2.37. The molecule has 0 aliphatic carbocycles. The van der Waals surface area contributed by atoms with Gasteiger partial charge in [-0.3, -0.25) is 0 Å². The van der Waals surface area contributed by atoms with Crippen LogP contribution in [0.25, 0.3) is 0 Å². The molecule has 0 unspecified atom stereocenters. The maximum atomic E-state index is 13.7. The van der Waals surface area contributed by atoms with Crippen LogP contribution in [-0.2, 0) is 0 Å². The van der Waals surface area contributed by atoms with Crippen LogP contribution in [0.2, 0.25) is 0 Å². The molecule has 0 atom stereocenters. The molecule has 0 aliphatic rings. The van der Waals surface area contributed by atoms with E-state index in [4.69, 9.17) is 0 Å². The lowest BCUT2D eigenvalue weighted by atomic mass is 10.3. The maximum Gasteiger partial charge on any atom is 0.168 e. The SMILES string of the molecule is CCCNc1nc(Sc2cccc(F)c2)c(F)cc1F. The van der Waals surface area contributed by atoms with Gasteiger partial charge in [-0.2, -0.15) is 0 Å². The van der Waals surface area contributed by atoms with Crippen LogP contribution in [0.4, 0.5) is 19.0 Å². The number of hydrogen-bond acceptors (Lipinski definition) is 3. The molecule has 0 fully saturated rings. The molecule has 1 N–H and O–H groups in total. The van der Waals surface area contributed by atoms with Crippen LogP contribution in [-0.4, -0.2) is 11.5 Å². The molecular weight excluding hydrogens is 285 g/mol. The zero-order chi connectivity index (χ0) is 14.5. The number of nitrogens with one attached hydrogen (secondary N) is 1. The standard InChI is InChI=1S/C14H13F3N2S/c1-2-6-18-13-11(16)8-12(17)14(19-13)20-10-5-3-4-9(15)7-10/h3-5,7-8H,2,6H2,1H3,(H,18,19). The average Bonchev–Trinajstić information content (AvgIpc) is 2.40. The van der Waals surface area contributed by atoms with Crippen molar-refractivity contribution in [2.45, 2.75) is 23.3 Å². The van der Waals surface area contributed by atoms with E-state index in [1.165, 1.54) is 18.2 Å². The molecule has 1 aromatic heterocycles. The first-order valence-corrected chi connectivity index (χ1v) is 6.95. The molecule has 2 aromatic rings. The van der Waals surface area contributed by atoms with E-state index >= 15 is 0 Å². The second-order valence-electron chi connectivity index (χ2n) is 4.09. The van der Waals surface area contributed by atoms with Gasteiger partial charge in [-0.25, -0.2) is 18.2 Å². The van der Waals surface area contributed by atoms with Crippen LogP contribution < -0.4 is 5.32 Å². The number of rotatable bonds is 5. The number of hydrogen-bond donors (Lipinski definition) is 1. The third-order valence-electron chi connectivity index (χ3n) is 2.45. The summed E-state index contributed by atoms with van der Waals surface area (Å²) in [5, 5.41) is 2.80. The zero-order valence-electron chi connectivity index (χ0n) is 10.8. The first-order chi connectivity index (χ1) is 9.60. The van der Waals surface area contributed by atoms with Crippen LogP contribution in [0.3, 0.4) is 0 Å². The van der Waals surface area contributed by atoms with Gasteiger partial charge in [0.1, 0.15) is 10.8 Å². The summed E-state index contributed by atoms with van der Waals surface area (Å²) in [5.41, 5.74) is 0. The Hall–Kier alpha value is -1.69. The lowest BCUT2D eigenvalue weighted by molar-refractivity contribution is 0.551. The lowest BCUT2D eigenvalue weighted by Crippen LogP contribution is -2.06. The summed E-state index contributed by atoms with van der Waals surface area (Å²) >= 11 is 0.952. The third kappa shape index (κ3) is 3.66. The van der Waals surface area contributed by atoms with Crippen LogP contribution >= 0.6 is 11.8 Å². The molecular formula is C14H13F3N2S. The minimum Gasteiger partial charge on any atom is -0.368 e. The van der Waals surface area contributed by atoms with E-state index in [9.17, 15) is 13.2 Å². The third-order valence-corrected chi connectivity index (χ3v) is 3.42. The Labute approximate surface area is 119 Å². The van der Waals surface area contributed by atoms with E-state index in [2.05, 4.69) is 10.3 Å². The van der Waals surface area contributed by atoms with Gasteiger partial charge in [0.25, 0.3) is 0 Å². The highest BCUT2D eigenvalue weighted by molar-refractivity contribution is 7.99. The van der Waals surface area contributed by atoms with Gasteiger partial charge in [0, 0.05) is 17.5 Å². The van der Waals surface area contributed by atoms with Gasteiger partial charge >= 0.3 is 0 Å². The Morgan fingerprint density at radius 3 is 2.65 bits per heavy atom. The van der Waals surface area contributed by atoms with Crippen molar-refractivity contribution in [1.82, 2.24) is 4.98 Å². The number of aromatic nitrogens is 1. The Balaban J connectivity index is 2.26. The number of benzene rings is 1. The average molecular weight is 298 g/mol. The van der Waals surface area contributed by atoms with Crippen molar-refractivity contribution in [3.8, 4) is 0 Å². The summed E-state index contributed by atoms with van der Waals surface area (Å²) in [7, 11) is 0. The van der Waals surface area contributed by atoms with Gasteiger partial charge < -0.3 is 5.32 Å². The first-order valence-electron chi connectivity index (χ1n) is 6.13. The number of anilines is 1. The van der Waals surface area contributed by atoms with Crippen LogP contribution in [0.5, 0.6) is 0 Å². The fraction of sp³-hybridized carbons (Fsp3) is 0.214. The highest BCUT2D eigenvalue weighted by Gasteiger charge is 2.13. The molecule has 0 saturated carbocycles. The smallest absolute Gasteiger partial charge is 0.168 e. The second kappa shape index (κ2) is 6.65. The Kier molecular flexibility index (Phi) is 4.89. The summed E-state index contributed by atoms with van der Waals surface area (Å²) in [6, 6.07) is 6.51. The molecule has 0 saturated heterocycles. The second-order valence-corrected chi connectivity index (χ2v) is 5.15. The van der Waals surface area contributed by atoms with Crippen molar-refractivity contribution in [3.05, 3.63) is 47.8 Å². The number of nitrogens with zero attached hydrogens (tertiary/aromatic N) is 1. The van der Waals surface area contributed by atoms with Gasteiger partial charge in [-0.1, -0.05) is 24.8 Å². The highest BCUT2D eigenvalue weighted by atomic mass is 32.2. The number of halogens is 3. The van der Waals surface area contributed by atoms with Gasteiger partial charge in [0.15, 0.2) is 17.5 Å². The first kappa shape index (κ1) is 14.7. The molecule has 0 aliphatic heterocycles. The van der Waals surface area contributed by atoms with E-state index in [-0.39, 0.29) is 10.8 Å². The van der Waals surface area contributed by atoms with Crippen molar-refractivity contribution >= 4 is 17.6 Å². The van der Waals surface area contributed by atoms with Crippen LogP contribution in [0, 0.1) is 17.5 Å². The molecule has 0 amide bonds. The normalized spacial score (nSPS) is 10.6. The lowest BCUT2D eigenvalue weighted by Gasteiger charge is -2.08. The zero-order valence-corrected chi connectivity index (χ0v) is 11.6. The van der Waals surface area contributed by atoms with Crippen molar-refractivity contribution in [2.75, 3.05) is 11.9 Å². The largest absolute Gasteiger partial charge is 0.368 e. The monoisotopic (exact) mass is 298 g/mol. The molecule has 20 heavy (non-hydrogen) atoms. The Bertz CT molecular complexity index is 605. The fourth-order valence-electron chi connectivity index (χ4n) is 1.53. The molecule has 6 heteroatoms. The Morgan fingerprint density at radius 2 is 1.95 bits per heavy atom. The minimum absolute atomic E-state index is 0.00662. The van der Waals surface area contributed by atoms with Gasteiger partial charge in [0.2, 0.25) is 0 Å². The molecule has 1 heterocycles. The van der Waals surface area contributed by atoms with Gasteiger partial charge in [-0.05, 0) is 24.6 Å². The molecule has 0 spiro atoms. The van der Waals surface area contributed by atoms with Gasteiger partial charge in [-0.15, -0.1) is 0 Å². The van der Waals surface area contributed by atoms with E-state index in [1.54, 1.807) is 6.07 Å². The van der Waals surface area contributed by atoms with Crippen molar-refractivity contribution in [3.63, 3.8) is 0 Å². The molecule has 1 aromatic carbocycles. The summed E-state index contributed by atoms with van der Waals surface area (Å²) < 4.78 is 40.3. The number of pyridine rings is 1. The Morgan fingerprint density at radius 1 is 1.15 bits per heavy atom. The highest BCUT2D eigenvalue weighted by Crippen LogP contribution is 2.30. The summed E-state index contributed by atoms with van der Waals surface area (Å²) in [6.07, 6.45) is 0.796. The van der Waals surface area contributed by atoms with Crippen LogP contribution in [0.15, 0.2) is 40.3 Å². The van der Waals surface area contributed by atoms with E-state index < -0.39 is 17.5 Å². The maximum absolute atomic E-state index is 13.7. The van der Waals surface area contributed by atoms with E-state index in [0.29, 0.717) is 11.4 Å². The predicted octanol–water partition coefficient (Wildman–Crippen LogP) is 4.47. The summed E-state index contributed by atoms with van der Waals surface area (Å²) in [4.78, 5) is 4.42. The van der Waals surface area contributed by atoms with E-state index in [0.717, 1.165) is 24.2 Å². The van der Waals surface area contributed by atoms with Crippen molar-refractivity contribution in [2.24, 2.45) is 0 Å². The summed E-state index contributed by atoms with van der Waals surface area (Å²) in [5.74, 6) is -1.91. The molecule has 2 nitrogen and oxygen atoms in total. The molecule has 2 rings (SSSR count). The molecule has 0 bridgehead atoms. The van der Waals surface area contributed by atoms with E-state index in [1.807, 2.05) is 6.92 Å². The summed E-state index contributed by atoms with van der Waals surface area (Å²) in [6.45, 7) is 2.47. The quantitative estimate of drug-likeness (QED) is 0.881. The predicted molar refractivity (Wildman–Crippen MR) is 73.5 cm³/mol. The van der Waals surface area contributed by atoms with Crippen LogP contribution in [0.1, 0.15) is 13.3 Å². The minimum atomic E-state index is -0.765. The van der Waals surface area contributed by atoms with Crippen molar-refractivity contribution < 1.29 is 13.2 Å². The topological polar surface area (TPSA) is 24.9 Å². The molecule has 0 radical (unpaired) electrons. The van der Waals surface area contributed by atoms with Gasteiger partial charge in [0.05, 0.1) is 0 Å². The van der Waals surface area contributed by atoms with Crippen molar-refractivity contribution in [1.29, 1.82) is 0 Å². The molecule has 106 valence electrons.